The summed E-state index contributed by atoms with van der Waals surface area (Å²) >= 11 is 5.86. The average molecular weight is 265 g/mol. The van der Waals surface area contributed by atoms with Gasteiger partial charge in [0.2, 0.25) is 0 Å². The van der Waals surface area contributed by atoms with Gasteiger partial charge in [0.05, 0.1) is 24.7 Å². The number of halogens is 1. The molecule has 100 valence electrons. The van der Waals surface area contributed by atoms with E-state index in [0.717, 1.165) is 12.8 Å². The molecular weight excluding hydrogens is 244 g/mol. The van der Waals surface area contributed by atoms with Gasteiger partial charge >= 0.3 is 0 Å². The molecule has 1 rings (SSSR count). The van der Waals surface area contributed by atoms with E-state index in [2.05, 4.69) is 0 Å². The highest BCUT2D eigenvalue weighted by molar-refractivity contribution is 6.21. The number of aliphatic hydroxyl groups excluding tert-OH is 2. The molecule has 0 unspecified atom stereocenters. The van der Waals surface area contributed by atoms with E-state index in [0.29, 0.717) is 26.1 Å². The van der Waals surface area contributed by atoms with Crippen LogP contribution in [0.5, 0.6) is 0 Å². The van der Waals surface area contributed by atoms with E-state index < -0.39 is 6.10 Å². The van der Waals surface area contributed by atoms with Crippen molar-refractivity contribution in [2.24, 2.45) is 0 Å². The fourth-order valence-electron chi connectivity index (χ4n) is 1.62. The van der Waals surface area contributed by atoms with E-state index in [1.165, 1.54) is 0 Å². The number of alkyl halides is 1. The molecule has 0 aromatic heterocycles. The molecule has 1 aliphatic heterocycles. The van der Waals surface area contributed by atoms with Crippen LogP contribution in [0.2, 0.25) is 0 Å². The van der Waals surface area contributed by atoms with Crippen molar-refractivity contribution in [3.05, 3.63) is 12.2 Å². The van der Waals surface area contributed by atoms with Gasteiger partial charge in [0, 0.05) is 13.0 Å². The van der Waals surface area contributed by atoms with Gasteiger partial charge in [-0.3, -0.25) is 0 Å². The predicted octanol–water partition coefficient (Wildman–Crippen LogP) is 1.44. The zero-order valence-corrected chi connectivity index (χ0v) is 10.7. The van der Waals surface area contributed by atoms with Crippen molar-refractivity contribution in [2.45, 2.75) is 43.5 Å². The normalized spacial score (nSPS) is 21.1. The molecule has 1 heterocycles. The van der Waals surface area contributed by atoms with Crippen LogP contribution >= 0.6 is 11.6 Å². The van der Waals surface area contributed by atoms with Crippen molar-refractivity contribution in [3.8, 4) is 0 Å². The first-order valence-corrected chi connectivity index (χ1v) is 6.49. The number of hydrogen-bond acceptors (Lipinski definition) is 4. The zero-order valence-electron chi connectivity index (χ0n) is 9.93. The first-order valence-electron chi connectivity index (χ1n) is 6.05. The lowest BCUT2D eigenvalue weighted by Crippen LogP contribution is -2.21. The molecule has 4 nitrogen and oxygen atoms in total. The summed E-state index contributed by atoms with van der Waals surface area (Å²) < 4.78 is 10.6. The van der Waals surface area contributed by atoms with Crippen molar-refractivity contribution in [1.82, 2.24) is 0 Å². The van der Waals surface area contributed by atoms with Crippen LogP contribution in [0.25, 0.3) is 0 Å². The monoisotopic (exact) mass is 264 g/mol. The zero-order chi connectivity index (χ0) is 12.5. The molecule has 1 aliphatic rings. The lowest BCUT2D eigenvalue weighted by Gasteiger charge is -2.13. The first-order chi connectivity index (χ1) is 8.24. The van der Waals surface area contributed by atoms with Crippen LogP contribution in [0.4, 0.5) is 0 Å². The van der Waals surface area contributed by atoms with Gasteiger partial charge in [-0.1, -0.05) is 12.2 Å². The molecule has 0 aliphatic carbocycles. The smallest absolute Gasteiger partial charge is 0.158 e. The third-order valence-corrected chi connectivity index (χ3v) is 3.14. The molecule has 5 heteroatoms. The molecule has 2 N–H and O–H groups in total. The quantitative estimate of drug-likeness (QED) is 0.514. The second kappa shape index (κ2) is 8.89. The maximum Gasteiger partial charge on any atom is 0.158 e. The average Bonchev–Trinajstić information content (AvgIpc) is 2.81. The maximum atomic E-state index is 9.62. The second-order valence-electron chi connectivity index (χ2n) is 4.05. The summed E-state index contributed by atoms with van der Waals surface area (Å²) in [7, 11) is 0. The standard InChI is InChI=1S/C12H21ClO4/c13-10(6-7-14)11(15)4-2-1-3-5-12-16-8-9-17-12/h1-2,10-12,14-15H,3-9H2/b2-1-/t10-,11-/m1/s1. The van der Waals surface area contributed by atoms with E-state index in [9.17, 15) is 5.11 Å². The molecule has 1 saturated heterocycles. The fourth-order valence-corrected chi connectivity index (χ4v) is 1.82. The molecular formula is C12H21ClO4. The maximum absolute atomic E-state index is 9.62. The number of hydrogen-bond donors (Lipinski definition) is 2. The minimum atomic E-state index is -0.598. The van der Waals surface area contributed by atoms with Crippen LogP contribution in [0.15, 0.2) is 12.2 Å². The van der Waals surface area contributed by atoms with Gasteiger partial charge in [-0.2, -0.15) is 0 Å². The minimum absolute atomic E-state index is 0.00526. The first kappa shape index (κ1) is 14.9. The van der Waals surface area contributed by atoms with Crippen molar-refractivity contribution in [3.63, 3.8) is 0 Å². The Balaban J connectivity index is 2.04. The third kappa shape index (κ3) is 6.38. The summed E-state index contributed by atoms with van der Waals surface area (Å²) in [6.07, 6.45) is 5.88. The molecule has 0 spiro atoms. The van der Waals surface area contributed by atoms with Crippen LogP contribution in [0.1, 0.15) is 25.7 Å². The number of aliphatic hydroxyl groups is 2. The van der Waals surface area contributed by atoms with Gasteiger partial charge in [-0.25, -0.2) is 0 Å². The third-order valence-electron chi connectivity index (χ3n) is 2.63. The van der Waals surface area contributed by atoms with Crippen molar-refractivity contribution in [2.75, 3.05) is 19.8 Å². The molecule has 0 bridgehead atoms. The van der Waals surface area contributed by atoms with Crippen LogP contribution in [0.3, 0.4) is 0 Å². The molecule has 2 atom stereocenters. The Morgan fingerprint density at radius 3 is 2.65 bits per heavy atom. The summed E-state index contributed by atoms with van der Waals surface area (Å²) in [6, 6.07) is 0. The van der Waals surface area contributed by atoms with Gasteiger partial charge in [-0.05, 0) is 19.3 Å². The summed E-state index contributed by atoms with van der Waals surface area (Å²) in [5.74, 6) is 0. The Morgan fingerprint density at radius 2 is 2.00 bits per heavy atom. The molecule has 0 radical (unpaired) electrons. The SMILES string of the molecule is OCC[C@@H](Cl)[C@H](O)C/C=C\CCC1OCCO1. The lowest BCUT2D eigenvalue weighted by atomic mass is 10.1. The number of ether oxygens (including phenoxy) is 2. The molecule has 0 amide bonds. The Morgan fingerprint density at radius 1 is 1.29 bits per heavy atom. The summed E-state index contributed by atoms with van der Waals surface area (Å²) in [4.78, 5) is 0. The van der Waals surface area contributed by atoms with Crippen molar-refractivity contribution < 1.29 is 19.7 Å². The summed E-state index contributed by atoms with van der Waals surface area (Å²) in [5.41, 5.74) is 0. The summed E-state index contributed by atoms with van der Waals surface area (Å²) in [6.45, 7) is 1.37. The van der Waals surface area contributed by atoms with Crippen LogP contribution < -0.4 is 0 Å². The highest BCUT2D eigenvalue weighted by Gasteiger charge is 2.15. The highest BCUT2D eigenvalue weighted by atomic mass is 35.5. The molecule has 0 aromatic carbocycles. The van der Waals surface area contributed by atoms with Gasteiger partial charge in [-0.15, -0.1) is 11.6 Å². The Labute approximate surface area is 107 Å². The molecule has 0 saturated carbocycles. The van der Waals surface area contributed by atoms with E-state index in [-0.39, 0.29) is 18.3 Å². The van der Waals surface area contributed by atoms with Gasteiger partial charge in [0.1, 0.15) is 0 Å². The van der Waals surface area contributed by atoms with Crippen LogP contribution in [0, 0.1) is 0 Å². The second-order valence-corrected chi connectivity index (χ2v) is 4.61. The van der Waals surface area contributed by atoms with E-state index in [4.69, 9.17) is 26.2 Å². The van der Waals surface area contributed by atoms with Gasteiger partial charge < -0.3 is 19.7 Å². The largest absolute Gasteiger partial charge is 0.396 e. The van der Waals surface area contributed by atoms with Gasteiger partial charge in [0.25, 0.3) is 0 Å². The number of rotatable bonds is 8. The molecule has 1 fully saturated rings. The Bertz CT molecular complexity index is 217. The van der Waals surface area contributed by atoms with Gasteiger partial charge in [0.15, 0.2) is 6.29 Å². The number of allylic oxidation sites excluding steroid dienone is 1. The minimum Gasteiger partial charge on any atom is -0.396 e. The van der Waals surface area contributed by atoms with Crippen molar-refractivity contribution >= 4 is 11.6 Å². The van der Waals surface area contributed by atoms with Crippen LogP contribution in [-0.4, -0.2) is 47.8 Å². The Hall–Kier alpha value is -0.130. The fraction of sp³-hybridized carbons (Fsp3) is 0.833. The summed E-state index contributed by atoms with van der Waals surface area (Å²) in [5, 5.41) is 17.9. The predicted molar refractivity (Wildman–Crippen MR) is 66.0 cm³/mol. The van der Waals surface area contributed by atoms with Crippen molar-refractivity contribution in [1.29, 1.82) is 0 Å². The Kier molecular flexibility index (Phi) is 7.81. The molecule has 0 aromatic rings. The lowest BCUT2D eigenvalue weighted by molar-refractivity contribution is -0.0457. The van der Waals surface area contributed by atoms with Crippen LogP contribution in [-0.2, 0) is 9.47 Å². The van der Waals surface area contributed by atoms with E-state index >= 15 is 0 Å². The van der Waals surface area contributed by atoms with E-state index in [1.54, 1.807) is 0 Å². The topological polar surface area (TPSA) is 58.9 Å². The molecule has 17 heavy (non-hydrogen) atoms. The van der Waals surface area contributed by atoms with E-state index in [1.807, 2.05) is 12.2 Å². The highest BCUT2D eigenvalue weighted by Crippen LogP contribution is 2.13.